The molecule has 1 heterocycles. The van der Waals surface area contributed by atoms with Gasteiger partial charge in [-0.25, -0.2) is 0 Å². The van der Waals surface area contributed by atoms with Crippen LogP contribution in [0.5, 0.6) is 0 Å². The predicted molar refractivity (Wildman–Crippen MR) is 59.6 cm³/mol. The minimum absolute atomic E-state index is 0.0434. The molecule has 15 heavy (non-hydrogen) atoms. The molecule has 0 radical (unpaired) electrons. The first-order chi connectivity index (χ1) is 7.22. The van der Waals surface area contributed by atoms with Crippen LogP contribution in [0.1, 0.15) is 26.2 Å². The number of piperidine rings is 1. The third kappa shape index (κ3) is 5.14. The van der Waals surface area contributed by atoms with Crippen molar-refractivity contribution in [2.75, 3.05) is 32.8 Å². The summed E-state index contributed by atoms with van der Waals surface area (Å²) in [5, 5.41) is 11.9. The number of rotatable bonds is 5. The zero-order chi connectivity index (χ0) is 11.1. The highest BCUT2D eigenvalue weighted by atomic mass is 16.3. The number of likely N-dealkylation sites (tertiary alicyclic amines) is 1. The first-order valence-corrected chi connectivity index (χ1v) is 5.80. The van der Waals surface area contributed by atoms with Crippen molar-refractivity contribution in [1.29, 1.82) is 0 Å². The Kier molecular flexibility index (Phi) is 5.65. The Morgan fingerprint density at radius 1 is 1.60 bits per heavy atom. The van der Waals surface area contributed by atoms with Gasteiger partial charge in [0.2, 0.25) is 5.91 Å². The summed E-state index contributed by atoms with van der Waals surface area (Å²) in [5.74, 6) is 0.501. The molecule has 1 unspecified atom stereocenters. The van der Waals surface area contributed by atoms with Gasteiger partial charge in [0, 0.05) is 26.6 Å². The first kappa shape index (κ1) is 12.5. The molecule has 0 aromatic carbocycles. The van der Waals surface area contributed by atoms with E-state index in [0.717, 1.165) is 39.0 Å². The van der Waals surface area contributed by atoms with E-state index in [4.69, 9.17) is 5.11 Å². The summed E-state index contributed by atoms with van der Waals surface area (Å²) < 4.78 is 0. The lowest BCUT2D eigenvalue weighted by molar-refractivity contribution is -0.118. The molecular formula is C11H22N2O2. The number of carbonyl (C=O) groups is 1. The Hall–Kier alpha value is -0.610. The molecule has 0 spiro atoms. The van der Waals surface area contributed by atoms with Gasteiger partial charge in [0.15, 0.2) is 0 Å². The van der Waals surface area contributed by atoms with Gasteiger partial charge < -0.3 is 15.3 Å². The fourth-order valence-electron chi connectivity index (χ4n) is 2.07. The lowest BCUT2D eigenvalue weighted by Gasteiger charge is -2.31. The average molecular weight is 214 g/mol. The van der Waals surface area contributed by atoms with Crippen molar-refractivity contribution in [2.45, 2.75) is 26.2 Å². The second-order valence-electron chi connectivity index (χ2n) is 4.33. The Bertz CT molecular complexity index is 197. The second-order valence-corrected chi connectivity index (χ2v) is 4.33. The molecule has 1 fully saturated rings. The van der Waals surface area contributed by atoms with Crippen LogP contribution in [0.2, 0.25) is 0 Å². The molecular weight excluding hydrogens is 192 g/mol. The van der Waals surface area contributed by atoms with Gasteiger partial charge in [-0.3, -0.25) is 4.79 Å². The van der Waals surface area contributed by atoms with Crippen LogP contribution in [-0.2, 0) is 4.79 Å². The van der Waals surface area contributed by atoms with E-state index in [-0.39, 0.29) is 5.91 Å². The second kappa shape index (κ2) is 6.80. The van der Waals surface area contributed by atoms with E-state index >= 15 is 0 Å². The highest BCUT2D eigenvalue weighted by Crippen LogP contribution is 2.15. The van der Waals surface area contributed by atoms with Gasteiger partial charge in [-0.1, -0.05) is 0 Å². The van der Waals surface area contributed by atoms with Crippen molar-refractivity contribution in [3.05, 3.63) is 0 Å². The SMILES string of the molecule is CC(=O)NCCCN1CCCC(CO)C1. The number of carbonyl (C=O) groups excluding carboxylic acids is 1. The molecule has 0 aromatic rings. The Morgan fingerprint density at radius 3 is 3.07 bits per heavy atom. The molecule has 4 nitrogen and oxygen atoms in total. The third-order valence-electron chi connectivity index (χ3n) is 2.89. The van der Waals surface area contributed by atoms with Crippen LogP contribution in [0.15, 0.2) is 0 Å². The van der Waals surface area contributed by atoms with E-state index in [1.165, 1.54) is 6.42 Å². The van der Waals surface area contributed by atoms with Gasteiger partial charge in [-0.2, -0.15) is 0 Å². The summed E-state index contributed by atoms with van der Waals surface area (Å²) in [4.78, 5) is 13.0. The van der Waals surface area contributed by atoms with Crippen LogP contribution in [0.3, 0.4) is 0 Å². The number of hydrogen-bond donors (Lipinski definition) is 2. The molecule has 88 valence electrons. The average Bonchev–Trinajstić information content (AvgIpc) is 2.24. The summed E-state index contributed by atoms with van der Waals surface area (Å²) in [6.07, 6.45) is 3.34. The first-order valence-electron chi connectivity index (χ1n) is 5.80. The van der Waals surface area contributed by atoms with Gasteiger partial charge in [-0.15, -0.1) is 0 Å². The van der Waals surface area contributed by atoms with E-state index in [9.17, 15) is 4.79 Å². The van der Waals surface area contributed by atoms with Gasteiger partial charge in [0.05, 0.1) is 0 Å². The highest BCUT2D eigenvalue weighted by Gasteiger charge is 2.18. The standard InChI is InChI=1S/C11H22N2O2/c1-10(15)12-5-3-7-13-6-2-4-11(8-13)9-14/h11,14H,2-9H2,1H3,(H,12,15). The summed E-state index contributed by atoms with van der Waals surface area (Å²) in [6, 6.07) is 0. The van der Waals surface area contributed by atoms with E-state index in [0.29, 0.717) is 12.5 Å². The minimum Gasteiger partial charge on any atom is -0.396 e. The molecule has 1 aliphatic rings. The zero-order valence-corrected chi connectivity index (χ0v) is 9.54. The summed E-state index contributed by atoms with van der Waals surface area (Å²) >= 11 is 0. The van der Waals surface area contributed by atoms with Gasteiger partial charge in [0.25, 0.3) is 0 Å². The maximum atomic E-state index is 10.6. The molecule has 1 amide bonds. The molecule has 4 heteroatoms. The fourth-order valence-corrected chi connectivity index (χ4v) is 2.07. The summed E-state index contributed by atoms with van der Waals surface area (Å²) in [6.45, 7) is 5.78. The maximum absolute atomic E-state index is 10.6. The van der Waals surface area contributed by atoms with Gasteiger partial charge in [-0.05, 0) is 38.3 Å². The fraction of sp³-hybridized carbons (Fsp3) is 0.909. The predicted octanol–water partition coefficient (Wildman–Crippen LogP) is 0.217. The number of aliphatic hydroxyl groups is 1. The van der Waals surface area contributed by atoms with Gasteiger partial charge in [0.1, 0.15) is 0 Å². The third-order valence-corrected chi connectivity index (χ3v) is 2.89. The molecule has 1 atom stereocenters. The van der Waals surface area contributed by atoms with Crippen LogP contribution in [-0.4, -0.2) is 48.7 Å². The zero-order valence-electron chi connectivity index (χ0n) is 9.54. The summed E-state index contributed by atoms with van der Waals surface area (Å²) in [7, 11) is 0. The number of aliphatic hydroxyl groups excluding tert-OH is 1. The smallest absolute Gasteiger partial charge is 0.216 e. The number of nitrogens with one attached hydrogen (secondary N) is 1. The van der Waals surface area contributed by atoms with Crippen molar-refractivity contribution < 1.29 is 9.90 Å². The van der Waals surface area contributed by atoms with Crippen molar-refractivity contribution in [3.63, 3.8) is 0 Å². The molecule has 0 aromatic heterocycles. The summed E-state index contributed by atoms with van der Waals surface area (Å²) in [5.41, 5.74) is 0. The minimum atomic E-state index is 0.0434. The Labute approximate surface area is 91.6 Å². The molecule has 1 saturated heterocycles. The highest BCUT2D eigenvalue weighted by molar-refractivity contribution is 5.72. The van der Waals surface area contributed by atoms with Gasteiger partial charge >= 0.3 is 0 Å². The monoisotopic (exact) mass is 214 g/mol. The van der Waals surface area contributed by atoms with Crippen molar-refractivity contribution >= 4 is 5.91 Å². The number of nitrogens with zero attached hydrogens (tertiary/aromatic N) is 1. The van der Waals surface area contributed by atoms with E-state index in [2.05, 4.69) is 10.2 Å². The maximum Gasteiger partial charge on any atom is 0.216 e. The Morgan fingerprint density at radius 2 is 2.40 bits per heavy atom. The molecule has 0 saturated carbocycles. The Balaban J connectivity index is 2.07. The largest absolute Gasteiger partial charge is 0.396 e. The molecule has 2 N–H and O–H groups in total. The van der Waals surface area contributed by atoms with E-state index < -0.39 is 0 Å². The van der Waals surface area contributed by atoms with E-state index in [1.54, 1.807) is 6.92 Å². The lowest BCUT2D eigenvalue weighted by atomic mass is 9.99. The van der Waals surface area contributed by atoms with Crippen LogP contribution in [0.4, 0.5) is 0 Å². The normalized spacial score (nSPS) is 22.7. The molecule has 0 bridgehead atoms. The van der Waals surface area contributed by atoms with E-state index in [1.807, 2.05) is 0 Å². The van der Waals surface area contributed by atoms with Crippen molar-refractivity contribution in [1.82, 2.24) is 10.2 Å². The quantitative estimate of drug-likeness (QED) is 0.644. The van der Waals surface area contributed by atoms with Crippen LogP contribution < -0.4 is 5.32 Å². The van der Waals surface area contributed by atoms with Crippen molar-refractivity contribution in [2.24, 2.45) is 5.92 Å². The molecule has 0 aliphatic carbocycles. The van der Waals surface area contributed by atoms with Crippen LogP contribution in [0.25, 0.3) is 0 Å². The topological polar surface area (TPSA) is 52.6 Å². The molecule has 1 aliphatic heterocycles. The number of amides is 1. The molecule has 1 rings (SSSR count). The lowest BCUT2D eigenvalue weighted by Crippen LogP contribution is -2.38. The van der Waals surface area contributed by atoms with Crippen LogP contribution >= 0.6 is 0 Å². The van der Waals surface area contributed by atoms with Crippen LogP contribution in [0, 0.1) is 5.92 Å². The van der Waals surface area contributed by atoms with Crippen molar-refractivity contribution in [3.8, 4) is 0 Å². The number of hydrogen-bond acceptors (Lipinski definition) is 3.